The van der Waals surface area contributed by atoms with Gasteiger partial charge in [0.25, 0.3) is 0 Å². The number of nitrogens with zero attached hydrogens (tertiary/aromatic N) is 1. The average molecular weight is 505 g/mol. The lowest BCUT2D eigenvalue weighted by Crippen LogP contribution is -2.38. The Bertz CT molecular complexity index is 1150. The van der Waals surface area contributed by atoms with Gasteiger partial charge >= 0.3 is 0 Å². The van der Waals surface area contributed by atoms with Crippen LogP contribution in [-0.4, -0.2) is 44.7 Å². The van der Waals surface area contributed by atoms with Gasteiger partial charge in [0.1, 0.15) is 12.4 Å². The predicted octanol–water partition coefficient (Wildman–Crippen LogP) is 4.83. The fourth-order valence-electron chi connectivity index (χ4n) is 3.40. The summed E-state index contributed by atoms with van der Waals surface area (Å²) in [6, 6.07) is 16.1. The van der Waals surface area contributed by atoms with Gasteiger partial charge in [0, 0.05) is 30.7 Å². The Kier molecular flexibility index (Phi) is 9.69. The van der Waals surface area contributed by atoms with Crippen molar-refractivity contribution in [3.63, 3.8) is 0 Å². The maximum Gasteiger partial charge on any atom is 0.234 e. The molecule has 0 aliphatic heterocycles. The number of amides is 1. The first-order valence-corrected chi connectivity index (χ1v) is 11.3. The van der Waals surface area contributed by atoms with Gasteiger partial charge in [-0.1, -0.05) is 35.9 Å². The number of nitrogens with one attached hydrogen (secondary N) is 1. The van der Waals surface area contributed by atoms with E-state index in [4.69, 9.17) is 25.8 Å². The molecule has 0 radical (unpaired) electrons. The summed E-state index contributed by atoms with van der Waals surface area (Å²) in [4.78, 5) is 14.4. The normalized spacial score (nSPS) is 10.8. The molecule has 0 spiro atoms. The highest BCUT2D eigenvalue weighted by Crippen LogP contribution is 2.30. The molecule has 1 N–H and O–H groups in total. The molecule has 3 aromatic rings. The van der Waals surface area contributed by atoms with E-state index in [1.54, 1.807) is 36.3 Å². The van der Waals surface area contributed by atoms with Crippen LogP contribution in [0.15, 0.2) is 60.7 Å². The lowest BCUT2D eigenvalue weighted by atomic mass is 10.2. The topological polar surface area (TPSA) is 60.0 Å². The number of hydrogen-bond donors (Lipinski definition) is 1. The zero-order chi connectivity index (χ0) is 25.2. The first-order chi connectivity index (χ1) is 16.9. The Labute approximate surface area is 208 Å². The Balaban J connectivity index is 1.63. The molecule has 0 bridgehead atoms. The van der Waals surface area contributed by atoms with Crippen LogP contribution >= 0.6 is 11.6 Å². The van der Waals surface area contributed by atoms with E-state index in [1.807, 2.05) is 18.2 Å². The van der Waals surface area contributed by atoms with Crippen molar-refractivity contribution in [1.82, 2.24) is 10.2 Å². The van der Waals surface area contributed by atoms with Crippen LogP contribution in [0, 0.1) is 11.6 Å². The van der Waals surface area contributed by atoms with Crippen LogP contribution in [0.5, 0.6) is 17.2 Å². The lowest BCUT2D eigenvalue weighted by Gasteiger charge is -2.22. The highest BCUT2D eigenvalue weighted by molar-refractivity contribution is 6.31. The van der Waals surface area contributed by atoms with Gasteiger partial charge in [0.15, 0.2) is 23.1 Å². The molecule has 35 heavy (non-hydrogen) atoms. The third kappa shape index (κ3) is 7.83. The standard InChI is InChI=1S/C26H27ClF2N2O4/c1-33-24-10-8-20(14-25(24)34-2)35-12-11-31(16-18-7-9-22(28)23(29)13-18)17-26(32)30-15-19-5-3-4-6-21(19)27/h3-10,13-14H,11-12,15-17H2,1-2H3,(H,30,32). The Hall–Kier alpha value is -3.36. The van der Waals surface area contributed by atoms with Crippen LogP contribution < -0.4 is 19.5 Å². The molecule has 0 aromatic heterocycles. The largest absolute Gasteiger partial charge is 0.493 e. The molecular formula is C26H27ClF2N2O4. The molecule has 0 atom stereocenters. The van der Waals surface area contributed by atoms with Gasteiger partial charge in [-0.15, -0.1) is 0 Å². The molecule has 3 rings (SSSR count). The first-order valence-electron chi connectivity index (χ1n) is 10.9. The number of ether oxygens (including phenoxy) is 3. The van der Waals surface area contributed by atoms with Gasteiger partial charge in [-0.25, -0.2) is 8.78 Å². The van der Waals surface area contributed by atoms with Crippen molar-refractivity contribution in [2.75, 3.05) is 33.9 Å². The van der Waals surface area contributed by atoms with Gasteiger partial charge in [-0.3, -0.25) is 9.69 Å². The monoisotopic (exact) mass is 504 g/mol. The number of hydrogen-bond acceptors (Lipinski definition) is 5. The van der Waals surface area contributed by atoms with Gasteiger partial charge in [0.05, 0.1) is 20.8 Å². The van der Waals surface area contributed by atoms with Crippen LogP contribution in [0.25, 0.3) is 0 Å². The summed E-state index contributed by atoms with van der Waals surface area (Å²) in [6.07, 6.45) is 0. The molecule has 0 saturated carbocycles. The number of halogens is 3. The van der Waals surface area contributed by atoms with Crippen LogP contribution in [0.1, 0.15) is 11.1 Å². The minimum atomic E-state index is -0.938. The van der Waals surface area contributed by atoms with Gasteiger partial charge < -0.3 is 19.5 Å². The molecule has 1 amide bonds. The van der Waals surface area contributed by atoms with Crippen LogP contribution in [-0.2, 0) is 17.9 Å². The molecule has 0 unspecified atom stereocenters. The highest BCUT2D eigenvalue weighted by Gasteiger charge is 2.14. The second-order valence-corrected chi connectivity index (χ2v) is 8.10. The average Bonchev–Trinajstić information content (AvgIpc) is 2.85. The molecule has 6 nitrogen and oxygen atoms in total. The molecule has 0 aliphatic rings. The maximum absolute atomic E-state index is 13.7. The quantitative estimate of drug-likeness (QED) is 0.383. The van der Waals surface area contributed by atoms with E-state index in [-0.39, 0.29) is 32.1 Å². The van der Waals surface area contributed by atoms with Gasteiger partial charge in [-0.05, 0) is 41.5 Å². The molecular weight excluding hydrogens is 478 g/mol. The molecule has 186 valence electrons. The minimum absolute atomic E-state index is 0.0265. The Morgan fingerprint density at radius 2 is 1.74 bits per heavy atom. The van der Waals surface area contributed by atoms with Crippen molar-refractivity contribution >= 4 is 17.5 Å². The number of methoxy groups -OCH3 is 2. The van der Waals surface area contributed by atoms with Crippen molar-refractivity contribution in [3.05, 3.63) is 88.4 Å². The van der Waals surface area contributed by atoms with E-state index in [0.717, 1.165) is 17.7 Å². The van der Waals surface area contributed by atoms with Crippen molar-refractivity contribution in [2.45, 2.75) is 13.1 Å². The number of carbonyl (C=O) groups is 1. The second kappa shape index (κ2) is 12.9. The smallest absolute Gasteiger partial charge is 0.234 e. The number of benzene rings is 3. The summed E-state index contributed by atoms with van der Waals surface area (Å²) in [6.45, 7) is 1.13. The van der Waals surface area contributed by atoms with E-state index >= 15 is 0 Å². The zero-order valence-electron chi connectivity index (χ0n) is 19.5. The summed E-state index contributed by atoms with van der Waals surface area (Å²) in [5, 5.41) is 3.41. The summed E-state index contributed by atoms with van der Waals surface area (Å²) >= 11 is 6.15. The van der Waals surface area contributed by atoms with Crippen LogP contribution in [0.2, 0.25) is 5.02 Å². The number of rotatable bonds is 12. The van der Waals surface area contributed by atoms with Crippen LogP contribution in [0.4, 0.5) is 8.78 Å². The second-order valence-electron chi connectivity index (χ2n) is 7.69. The lowest BCUT2D eigenvalue weighted by molar-refractivity contribution is -0.122. The Morgan fingerprint density at radius 1 is 0.971 bits per heavy atom. The van der Waals surface area contributed by atoms with Crippen molar-refractivity contribution < 1.29 is 27.8 Å². The summed E-state index contributed by atoms with van der Waals surface area (Å²) in [5.41, 5.74) is 1.33. The fraction of sp³-hybridized carbons (Fsp3) is 0.269. The van der Waals surface area contributed by atoms with E-state index in [1.165, 1.54) is 13.2 Å². The minimum Gasteiger partial charge on any atom is -0.493 e. The van der Waals surface area contributed by atoms with E-state index in [9.17, 15) is 13.6 Å². The molecule has 3 aromatic carbocycles. The third-order valence-corrected chi connectivity index (χ3v) is 5.59. The van der Waals surface area contributed by atoms with Gasteiger partial charge in [0.2, 0.25) is 5.91 Å². The zero-order valence-corrected chi connectivity index (χ0v) is 20.3. The SMILES string of the molecule is COc1ccc(OCCN(CC(=O)NCc2ccccc2Cl)Cc2ccc(F)c(F)c2)cc1OC. The van der Waals surface area contributed by atoms with Crippen molar-refractivity contribution in [2.24, 2.45) is 0 Å². The molecule has 0 saturated heterocycles. The van der Waals surface area contributed by atoms with Crippen LogP contribution in [0.3, 0.4) is 0 Å². The first kappa shape index (κ1) is 26.2. The van der Waals surface area contributed by atoms with E-state index in [2.05, 4.69) is 5.32 Å². The molecule has 0 fully saturated rings. The predicted molar refractivity (Wildman–Crippen MR) is 130 cm³/mol. The van der Waals surface area contributed by atoms with E-state index < -0.39 is 11.6 Å². The summed E-state index contributed by atoms with van der Waals surface area (Å²) in [7, 11) is 3.08. The molecule has 9 heteroatoms. The van der Waals surface area contributed by atoms with Crippen molar-refractivity contribution in [3.8, 4) is 17.2 Å². The summed E-state index contributed by atoms with van der Waals surface area (Å²) in [5.74, 6) is -0.420. The molecule has 0 heterocycles. The van der Waals surface area contributed by atoms with Crippen molar-refractivity contribution in [1.29, 1.82) is 0 Å². The van der Waals surface area contributed by atoms with E-state index in [0.29, 0.717) is 34.4 Å². The fourth-order valence-corrected chi connectivity index (χ4v) is 3.61. The third-order valence-electron chi connectivity index (χ3n) is 5.22. The summed E-state index contributed by atoms with van der Waals surface area (Å²) < 4.78 is 43.4. The molecule has 0 aliphatic carbocycles. The maximum atomic E-state index is 13.7. The van der Waals surface area contributed by atoms with Gasteiger partial charge in [-0.2, -0.15) is 0 Å². The Morgan fingerprint density at radius 3 is 2.46 bits per heavy atom. The highest BCUT2D eigenvalue weighted by atomic mass is 35.5. The number of carbonyl (C=O) groups excluding carboxylic acids is 1.